The number of aromatic amines is 1. The molecule has 3 aromatic rings. The van der Waals surface area contributed by atoms with E-state index in [0.717, 1.165) is 28.1 Å². The van der Waals surface area contributed by atoms with Gasteiger partial charge in [0.15, 0.2) is 5.82 Å². The number of hydrogen-bond donors (Lipinski definition) is 1. The van der Waals surface area contributed by atoms with Gasteiger partial charge in [-0.1, -0.05) is 60.2 Å². The van der Waals surface area contributed by atoms with Gasteiger partial charge in [0.25, 0.3) is 5.56 Å². The van der Waals surface area contributed by atoms with Crippen molar-refractivity contribution in [2.75, 3.05) is 0 Å². The first-order chi connectivity index (χ1) is 15.2. The van der Waals surface area contributed by atoms with Crippen molar-refractivity contribution in [3.63, 3.8) is 0 Å². The number of benzene rings is 2. The molecule has 3 heterocycles. The zero-order valence-electron chi connectivity index (χ0n) is 17.2. The van der Waals surface area contributed by atoms with Crippen molar-refractivity contribution in [2.45, 2.75) is 19.8 Å². The van der Waals surface area contributed by atoms with Crippen LogP contribution in [0, 0.1) is 6.92 Å². The maximum Gasteiger partial charge on any atom is 0.278 e. The molecule has 152 valence electrons. The fraction of sp³-hybridized carbons (Fsp3) is 0.115. The van der Waals surface area contributed by atoms with Crippen LogP contribution in [0.1, 0.15) is 28.1 Å². The number of imidazole rings is 1. The van der Waals surface area contributed by atoms with Gasteiger partial charge in [0.05, 0.1) is 11.4 Å². The van der Waals surface area contributed by atoms with E-state index in [0.29, 0.717) is 24.4 Å². The monoisotopic (exact) mass is 406 g/mol. The van der Waals surface area contributed by atoms with E-state index in [4.69, 9.17) is 4.98 Å². The zero-order valence-corrected chi connectivity index (χ0v) is 17.2. The molecule has 2 aliphatic rings. The highest BCUT2D eigenvalue weighted by atomic mass is 16.1. The molecule has 0 spiro atoms. The number of H-pyrrole nitrogens is 1. The molecule has 0 saturated carbocycles. The number of pyridine rings is 1. The first-order valence-electron chi connectivity index (χ1n) is 10.3. The van der Waals surface area contributed by atoms with Crippen molar-refractivity contribution in [3.05, 3.63) is 124 Å². The average molecular weight is 406 g/mol. The molecule has 0 atom stereocenters. The highest BCUT2D eigenvalue weighted by Gasteiger charge is 2.20. The van der Waals surface area contributed by atoms with Crippen molar-refractivity contribution >= 4 is 0 Å². The maximum absolute atomic E-state index is 13.3. The van der Waals surface area contributed by atoms with Gasteiger partial charge >= 0.3 is 0 Å². The number of aromatic nitrogens is 4. The number of rotatable bonds is 5. The summed E-state index contributed by atoms with van der Waals surface area (Å²) in [6, 6.07) is 22.3. The fourth-order valence-electron chi connectivity index (χ4n) is 3.79. The molecule has 0 radical (unpaired) electrons. The number of aryl methyl sites for hydroxylation is 1. The molecule has 0 bridgehead atoms. The summed E-state index contributed by atoms with van der Waals surface area (Å²) in [5, 5.41) is 0. The summed E-state index contributed by atoms with van der Waals surface area (Å²) in [5.41, 5.74) is 6.65. The molecule has 1 aromatic heterocycles. The highest BCUT2D eigenvalue weighted by molar-refractivity contribution is 5.59. The number of fused-ring (bicyclic) bond motifs is 1. The van der Waals surface area contributed by atoms with Gasteiger partial charge in [0.1, 0.15) is 5.69 Å². The molecule has 5 nitrogen and oxygen atoms in total. The Balaban J connectivity index is 1.63. The third-order valence-corrected chi connectivity index (χ3v) is 5.46. The summed E-state index contributed by atoms with van der Waals surface area (Å²) in [4.78, 5) is 25.6. The van der Waals surface area contributed by atoms with Crippen LogP contribution in [0.3, 0.4) is 0 Å². The van der Waals surface area contributed by atoms with E-state index < -0.39 is 0 Å². The Morgan fingerprint density at radius 2 is 1.58 bits per heavy atom. The van der Waals surface area contributed by atoms with Gasteiger partial charge in [-0.05, 0) is 30.2 Å². The van der Waals surface area contributed by atoms with Crippen LogP contribution in [0.15, 0.2) is 90.1 Å². The van der Waals surface area contributed by atoms with Crippen molar-refractivity contribution < 1.29 is 0 Å². The third-order valence-electron chi connectivity index (χ3n) is 5.46. The van der Waals surface area contributed by atoms with Crippen LogP contribution in [-0.4, -0.2) is 19.5 Å². The van der Waals surface area contributed by atoms with Gasteiger partial charge in [-0.3, -0.25) is 14.3 Å². The topological polar surface area (TPSA) is 63.6 Å². The van der Waals surface area contributed by atoms with Gasteiger partial charge in [0.2, 0.25) is 0 Å². The van der Waals surface area contributed by atoms with Gasteiger partial charge in [-0.25, -0.2) is 4.98 Å². The van der Waals surface area contributed by atoms with Crippen molar-refractivity contribution in [2.24, 2.45) is 0 Å². The number of nitrogens with one attached hydrogen (secondary N) is 1. The van der Waals surface area contributed by atoms with E-state index in [1.54, 1.807) is 17.0 Å². The second kappa shape index (κ2) is 8.03. The van der Waals surface area contributed by atoms with Crippen LogP contribution >= 0.6 is 0 Å². The summed E-state index contributed by atoms with van der Waals surface area (Å²) >= 11 is 0. The van der Waals surface area contributed by atoms with Crippen LogP contribution in [0.5, 0.6) is 0 Å². The van der Waals surface area contributed by atoms with Crippen LogP contribution < -0.4 is 5.56 Å². The molecule has 2 aromatic carbocycles. The van der Waals surface area contributed by atoms with Gasteiger partial charge in [-0.2, -0.15) is 0 Å². The van der Waals surface area contributed by atoms with E-state index in [1.807, 2.05) is 36.5 Å². The molecule has 0 fully saturated rings. The highest BCUT2D eigenvalue weighted by Crippen LogP contribution is 2.23. The predicted molar refractivity (Wildman–Crippen MR) is 122 cm³/mol. The summed E-state index contributed by atoms with van der Waals surface area (Å²) < 4.78 is 1.67. The summed E-state index contributed by atoms with van der Waals surface area (Å²) in [5.74, 6) is 0.675. The lowest BCUT2D eigenvalue weighted by molar-refractivity contribution is 0.914. The van der Waals surface area contributed by atoms with E-state index in [-0.39, 0.29) is 5.56 Å². The van der Waals surface area contributed by atoms with Crippen molar-refractivity contribution in [1.82, 2.24) is 19.5 Å². The molecule has 31 heavy (non-hydrogen) atoms. The standard InChI is InChI=1S/C26H22N4O/c1-18-7-9-20(10-8-18)16-23-26(31)30-17-24(21-11-13-27-14-12-21)28-22(25(30)29-23)15-19-5-3-2-4-6-19/h2-14,17,28H,15-16H2,1H3. The average Bonchev–Trinajstić information content (AvgIpc) is 3.12. The second-order valence-corrected chi connectivity index (χ2v) is 7.76. The summed E-state index contributed by atoms with van der Waals surface area (Å²) in [6.45, 7) is 2.06. The fourth-order valence-corrected chi connectivity index (χ4v) is 3.79. The van der Waals surface area contributed by atoms with Gasteiger partial charge < -0.3 is 4.98 Å². The number of hydrogen-bond acceptors (Lipinski definition) is 3. The Morgan fingerprint density at radius 3 is 2.32 bits per heavy atom. The minimum absolute atomic E-state index is 0.0748. The summed E-state index contributed by atoms with van der Waals surface area (Å²) in [7, 11) is 0. The van der Waals surface area contributed by atoms with E-state index in [2.05, 4.69) is 53.3 Å². The second-order valence-electron chi connectivity index (χ2n) is 7.76. The normalized spacial score (nSPS) is 11.1. The molecule has 5 rings (SSSR count). The van der Waals surface area contributed by atoms with Crippen LogP contribution in [0.2, 0.25) is 0 Å². The third kappa shape index (κ3) is 3.90. The minimum atomic E-state index is -0.0748. The Labute approximate surface area is 180 Å². The molecular formula is C26H22N4O. The van der Waals surface area contributed by atoms with Crippen LogP contribution in [-0.2, 0) is 12.8 Å². The molecule has 0 saturated heterocycles. The van der Waals surface area contributed by atoms with Crippen molar-refractivity contribution in [3.8, 4) is 17.1 Å². The lowest BCUT2D eigenvalue weighted by atomic mass is 10.1. The maximum atomic E-state index is 13.3. The van der Waals surface area contributed by atoms with Crippen LogP contribution in [0.4, 0.5) is 0 Å². The molecule has 0 amide bonds. The smallest absolute Gasteiger partial charge is 0.278 e. The quantitative estimate of drug-likeness (QED) is 0.466. The van der Waals surface area contributed by atoms with Crippen LogP contribution in [0.25, 0.3) is 17.1 Å². The van der Waals surface area contributed by atoms with E-state index in [9.17, 15) is 4.79 Å². The molecule has 2 aliphatic heterocycles. The molecule has 0 unspecified atom stereocenters. The molecule has 5 heteroatoms. The SMILES string of the molecule is Cc1ccc(Cc2nc3c(Cc4ccccc4)[nH]c(-c4ccncc4)cn-3c2=O)cc1. The van der Waals surface area contributed by atoms with Crippen molar-refractivity contribution in [1.29, 1.82) is 0 Å². The lowest BCUT2D eigenvalue weighted by Gasteiger charge is -2.13. The Morgan fingerprint density at radius 1 is 0.871 bits per heavy atom. The lowest BCUT2D eigenvalue weighted by Crippen LogP contribution is -2.17. The predicted octanol–water partition coefficient (Wildman–Crippen LogP) is 4.55. The van der Waals surface area contributed by atoms with E-state index >= 15 is 0 Å². The first kappa shape index (κ1) is 19.0. The first-order valence-corrected chi connectivity index (χ1v) is 10.3. The Hall–Kier alpha value is -3.99. The summed E-state index contributed by atoms with van der Waals surface area (Å²) in [6.07, 6.45) is 6.51. The largest absolute Gasteiger partial charge is 0.354 e. The molecule has 1 N–H and O–H groups in total. The Kier molecular flexibility index (Phi) is 4.92. The molecular weight excluding hydrogens is 384 g/mol. The van der Waals surface area contributed by atoms with Gasteiger partial charge in [0, 0.05) is 37.0 Å². The number of nitrogens with zero attached hydrogens (tertiary/aromatic N) is 3. The van der Waals surface area contributed by atoms with E-state index in [1.165, 1.54) is 5.56 Å². The Bertz CT molecular complexity index is 1340. The van der Waals surface area contributed by atoms with Gasteiger partial charge in [-0.15, -0.1) is 0 Å². The molecule has 0 aliphatic carbocycles. The minimum Gasteiger partial charge on any atom is -0.354 e. The zero-order chi connectivity index (χ0) is 21.2.